The molecule has 3 aromatic rings. The summed E-state index contributed by atoms with van der Waals surface area (Å²) in [5.41, 5.74) is 3.43. The molecule has 2 nitrogen and oxygen atoms in total. The molecule has 1 fully saturated rings. The zero-order valence-electron chi connectivity index (χ0n) is 12.1. The Labute approximate surface area is 125 Å². The normalized spacial score (nSPS) is 15.5. The van der Waals surface area contributed by atoms with Crippen LogP contribution in [0, 0.1) is 0 Å². The van der Waals surface area contributed by atoms with Crippen LogP contribution >= 0.6 is 0 Å². The second-order valence-corrected chi connectivity index (χ2v) is 5.74. The number of piperidine rings is 1. The molecule has 106 valence electrons. The van der Waals surface area contributed by atoms with Gasteiger partial charge in [0.2, 0.25) is 0 Å². The number of anilines is 1. The predicted molar refractivity (Wildman–Crippen MR) is 87.7 cm³/mol. The van der Waals surface area contributed by atoms with Gasteiger partial charge in [-0.2, -0.15) is 0 Å². The summed E-state index contributed by atoms with van der Waals surface area (Å²) in [5.74, 6) is 0.946. The van der Waals surface area contributed by atoms with Crippen molar-refractivity contribution in [2.45, 2.75) is 19.3 Å². The van der Waals surface area contributed by atoms with Gasteiger partial charge >= 0.3 is 0 Å². The van der Waals surface area contributed by atoms with Crippen molar-refractivity contribution in [2.24, 2.45) is 0 Å². The molecule has 0 bridgehead atoms. The molecule has 0 aliphatic carbocycles. The van der Waals surface area contributed by atoms with Crippen LogP contribution in [0.4, 0.5) is 5.69 Å². The quantitative estimate of drug-likeness (QED) is 0.648. The van der Waals surface area contributed by atoms with Gasteiger partial charge in [0.15, 0.2) is 0 Å². The van der Waals surface area contributed by atoms with Crippen LogP contribution in [0.15, 0.2) is 59.0 Å². The van der Waals surface area contributed by atoms with Gasteiger partial charge in [0.25, 0.3) is 0 Å². The highest BCUT2D eigenvalue weighted by atomic mass is 16.3. The molecule has 2 heteroatoms. The van der Waals surface area contributed by atoms with E-state index in [1.165, 1.54) is 38.0 Å². The Morgan fingerprint density at radius 1 is 0.810 bits per heavy atom. The van der Waals surface area contributed by atoms with Gasteiger partial charge in [-0.1, -0.05) is 18.2 Å². The molecule has 0 amide bonds. The Morgan fingerprint density at radius 2 is 1.57 bits per heavy atom. The Bertz CT molecular complexity index is 703. The Kier molecular flexibility index (Phi) is 3.15. The zero-order chi connectivity index (χ0) is 14.1. The Hall–Kier alpha value is -2.22. The fourth-order valence-corrected chi connectivity index (χ4v) is 3.11. The summed E-state index contributed by atoms with van der Waals surface area (Å²) in [4.78, 5) is 2.48. The van der Waals surface area contributed by atoms with E-state index < -0.39 is 0 Å². The summed E-state index contributed by atoms with van der Waals surface area (Å²) in [6.07, 6.45) is 3.99. The number of furan rings is 1. The average molecular weight is 277 g/mol. The first-order chi connectivity index (χ1) is 10.4. The number of benzene rings is 2. The van der Waals surface area contributed by atoms with Gasteiger partial charge in [0.1, 0.15) is 11.3 Å². The molecule has 0 atom stereocenters. The maximum absolute atomic E-state index is 5.93. The van der Waals surface area contributed by atoms with Crippen LogP contribution in [0.2, 0.25) is 0 Å². The lowest BCUT2D eigenvalue weighted by Gasteiger charge is -2.28. The molecule has 0 spiro atoms. The highest BCUT2D eigenvalue weighted by molar-refractivity contribution is 5.82. The third kappa shape index (κ3) is 2.42. The van der Waals surface area contributed by atoms with Crippen molar-refractivity contribution >= 4 is 16.7 Å². The number of rotatable bonds is 2. The first kappa shape index (κ1) is 12.5. The van der Waals surface area contributed by atoms with Crippen molar-refractivity contribution in [3.8, 4) is 11.3 Å². The monoisotopic (exact) mass is 277 g/mol. The van der Waals surface area contributed by atoms with E-state index in [2.05, 4.69) is 41.3 Å². The van der Waals surface area contributed by atoms with Gasteiger partial charge in [-0.05, 0) is 55.7 Å². The Balaban J connectivity index is 1.63. The highest BCUT2D eigenvalue weighted by Crippen LogP contribution is 2.29. The van der Waals surface area contributed by atoms with Crippen molar-refractivity contribution in [3.63, 3.8) is 0 Å². The second kappa shape index (κ2) is 5.28. The standard InChI is InChI=1S/C19H19NO/c1-4-12-20(13-5-1)17-10-8-15(9-11-17)19-14-16-6-2-3-7-18(16)21-19/h2-3,6-11,14H,1,4-5,12-13H2. The average Bonchev–Trinajstić information content (AvgIpc) is 3.00. The van der Waals surface area contributed by atoms with Gasteiger partial charge in [0, 0.05) is 29.7 Å². The molecular weight excluding hydrogens is 258 g/mol. The highest BCUT2D eigenvalue weighted by Gasteiger charge is 2.11. The lowest BCUT2D eigenvalue weighted by Crippen LogP contribution is -2.29. The minimum Gasteiger partial charge on any atom is -0.456 e. The van der Waals surface area contributed by atoms with E-state index in [-0.39, 0.29) is 0 Å². The maximum Gasteiger partial charge on any atom is 0.135 e. The van der Waals surface area contributed by atoms with E-state index >= 15 is 0 Å². The third-order valence-corrected chi connectivity index (χ3v) is 4.30. The van der Waals surface area contributed by atoms with Crippen molar-refractivity contribution in [2.75, 3.05) is 18.0 Å². The summed E-state index contributed by atoms with van der Waals surface area (Å²) in [5, 5.41) is 1.16. The maximum atomic E-state index is 5.93. The first-order valence-corrected chi connectivity index (χ1v) is 7.74. The molecule has 0 N–H and O–H groups in total. The van der Waals surface area contributed by atoms with E-state index in [0.29, 0.717) is 0 Å². The first-order valence-electron chi connectivity index (χ1n) is 7.74. The molecule has 2 heterocycles. The van der Waals surface area contributed by atoms with Crippen molar-refractivity contribution in [1.82, 2.24) is 0 Å². The molecular formula is C19H19NO. The van der Waals surface area contributed by atoms with Gasteiger partial charge in [-0.25, -0.2) is 0 Å². The molecule has 1 aromatic heterocycles. The Morgan fingerprint density at radius 3 is 2.33 bits per heavy atom. The molecule has 1 saturated heterocycles. The number of hydrogen-bond acceptors (Lipinski definition) is 2. The van der Waals surface area contributed by atoms with Crippen LogP contribution in [0.1, 0.15) is 19.3 Å². The van der Waals surface area contributed by atoms with Crippen LogP contribution in [0.25, 0.3) is 22.3 Å². The smallest absolute Gasteiger partial charge is 0.135 e. The number of para-hydroxylation sites is 1. The molecule has 21 heavy (non-hydrogen) atoms. The van der Waals surface area contributed by atoms with Crippen LogP contribution in [-0.4, -0.2) is 13.1 Å². The molecule has 0 saturated carbocycles. The summed E-state index contributed by atoms with van der Waals surface area (Å²) in [6, 6.07) is 19.0. The SMILES string of the molecule is c1ccc2oc(-c3ccc(N4CCCCC4)cc3)cc2c1. The summed E-state index contributed by atoms with van der Waals surface area (Å²) >= 11 is 0. The molecule has 1 aliphatic rings. The fourth-order valence-electron chi connectivity index (χ4n) is 3.11. The molecule has 1 aliphatic heterocycles. The van der Waals surface area contributed by atoms with Crippen molar-refractivity contribution < 1.29 is 4.42 Å². The van der Waals surface area contributed by atoms with Crippen LogP contribution in [-0.2, 0) is 0 Å². The van der Waals surface area contributed by atoms with Crippen molar-refractivity contribution in [3.05, 3.63) is 54.6 Å². The van der Waals surface area contributed by atoms with Gasteiger partial charge in [-0.3, -0.25) is 0 Å². The van der Waals surface area contributed by atoms with Gasteiger partial charge in [0.05, 0.1) is 0 Å². The van der Waals surface area contributed by atoms with Gasteiger partial charge in [-0.15, -0.1) is 0 Å². The summed E-state index contributed by atoms with van der Waals surface area (Å²) < 4.78 is 5.93. The van der Waals surface area contributed by atoms with Gasteiger partial charge < -0.3 is 9.32 Å². The van der Waals surface area contributed by atoms with E-state index in [1.807, 2.05) is 18.2 Å². The van der Waals surface area contributed by atoms with E-state index in [4.69, 9.17) is 4.42 Å². The van der Waals surface area contributed by atoms with E-state index in [9.17, 15) is 0 Å². The number of nitrogens with zero attached hydrogens (tertiary/aromatic N) is 1. The fraction of sp³-hybridized carbons (Fsp3) is 0.263. The predicted octanol–water partition coefficient (Wildman–Crippen LogP) is 5.09. The third-order valence-electron chi connectivity index (χ3n) is 4.30. The summed E-state index contributed by atoms with van der Waals surface area (Å²) in [6.45, 7) is 2.37. The van der Waals surface area contributed by atoms with E-state index in [1.54, 1.807) is 0 Å². The van der Waals surface area contributed by atoms with Crippen LogP contribution in [0.5, 0.6) is 0 Å². The number of fused-ring (bicyclic) bond motifs is 1. The molecule has 0 radical (unpaired) electrons. The molecule has 0 unspecified atom stereocenters. The molecule has 2 aromatic carbocycles. The topological polar surface area (TPSA) is 16.4 Å². The minimum absolute atomic E-state index is 0.946. The molecule has 4 rings (SSSR count). The number of hydrogen-bond donors (Lipinski definition) is 0. The summed E-state index contributed by atoms with van der Waals surface area (Å²) in [7, 11) is 0. The minimum atomic E-state index is 0.946. The van der Waals surface area contributed by atoms with Crippen LogP contribution < -0.4 is 4.90 Å². The van der Waals surface area contributed by atoms with E-state index in [0.717, 1.165) is 22.3 Å². The van der Waals surface area contributed by atoms with Crippen molar-refractivity contribution in [1.29, 1.82) is 0 Å². The lowest BCUT2D eigenvalue weighted by molar-refractivity contribution is 0.578. The lowest BCUT2D eigenvalue weighted by atomic mass is 10.1. The second-order valence-electron chi connectivity index (χ2n) is 5.74. The van der Waals surface area contributed by atoms with Crippen LogP contribution in [0.3, 0.4) is 0 Å². The largest absolute Gasteiger partial charge is 0.456 e. The zero-order valence-corrected chi connectivity index (χ0v) is 12.1.